The second kappa shape index (κ2) is 8.84. The molecule has 0 atom stereocenters. The van der Waals surface area contributed by atoms with Crippen molar-refractivity contribution < 1.29 is 14.3 Å². The maximum absolute atomic E-state index is 12.0. The quantitative estimate of drug-likeness (QED) is 0.336. The monoisotopic (exact) mass is 368 g/mol. The molecule has 0 aromatic heterocycles. The Morgan fingerprint density at radius 1 is 1.12 bits per heavy atom. The van der Waals surface area contributed by atoms with Crippen LogP contribution in [-0.4, -0.2) is 32.5 Å². The first-order valence-electron chi connectivity index (χ1n) is 7.76. The third-order valence-electron chi connectivity index (χ3n) is 3.56. The number of hydrogen-bond acceptors (Lipinski definition) is 5. The summed E-state index contributed by atoms with van der Waals surface area (Å²) in [6, 6.07) is 15.4. The van der Waals surface area contributed by atoms with Gasteiger partial charge in [0.1, 0.15) is 11.6 Å². The molecule has 2 aromatic carbocycles. The van der Waals surface area contributed by atoms with Crippen molar-refractivity contribution >= 4 is 35.1 Å². The normalized spacial score (nSPS) is 10.8. The molecule has 0 heterocycles. The Balaban J connectivity index is 2.02. The largest absolute Gasteiger partial charge is 0.453 e. The van der Waals surface area contributed by atoms with Crippen LogP contribution in [0.1, 0.15) is 15.9 Å². The average Bonchev–Trinajstić information content (AvgIpc) is 2.64. The molecule has 0 fully saturated rings. The molecular formula is C20H17ClN2O3. The number of halogens is 1. The van der Waals surface area contributed by atoms with Crippen molar-refractivity contribution in [3.05, 3.63) is 70.3 Å². The molecule has 6 heteroatoms. The third-order valence-corrected chi connectivity index (χ3v) is 3.81. The number of ketones is 1. The minimum absolute atomic E-state index is 0.175. The van der Waals surface area contributed by atoms with E-state index in [1.54, 1.807) is 42.5 Å². The Bertz CT molecular complexity index is 863. The number of esters is 1. The number of hydrogen-bond donors (Lipinski definition) is 0. The summed E-state index contributed by atoms with van der Waals surface area (Å²) >= 11 is 5.77. The van der Waals surface area contributed by atoms with Gasteiger partial charge in [-0.15, -0.1) is 0 Å². The Labute approximate surface area is 157 Å². The summed E-state index contributed by atoms with van der Waals surface area (Å²) in [5, 5.41) is 9.69. The van der Waals surface area contributed by atoms with Gasteiger partial charge in [0.05, 0.1) is 0 Å². The highest BCUT2D eigenvalue weighted by Crippen LogP contribution is 2.15. The van der Waals surface area contributed by atoms with Gasteiger partial charge in [-0.1, -0.05) is 23.7 Å². The summed E-state index contributed by atoms with van der Waals surface area (Å²) in [5.74, 6) is -1.21. The highest BCUT2D eigenvalue weighted by atomic mass is 35.5. The first kappa shape index (κ1) is 19.2. The molecule has 0 aliphatic rings. The molecule has 0 saturated heterocycles. The van der Waals surface area contributed by atoms with Crippen LogP contribution in [0, 0.1) is 11.3 Å². The first-order valence-corrected chi connectivity index (χ1v) is 8.13. The number of carbonyl (C=O) groups is 2. The Kier molecular flexibility index (Phi) is 6.54. The minimum Gasteiger partial charge on any atom is -0.453 e. The van der Waals surface area contributed by atoms with Crippen molar-refractivity contribution in [3.63, 3.8) is 0 Å². The summed E-state index contributed by atoms with van der Waals surface area (Å²) in [7, 11) is 3.83. The number of Topliss-reactive ketones (excluding diaryl/α,β-unsaturated/α-hetero) is 1. The number of nitriles is 1. The van der Waals surface area contributed by atoms with Gasteiger partial charge in [0.25, 0.3) is 0 Å². The molecule has 0 unspecified atom stereocenters. The van der Waals surface area contributed by atoms with E-state index >= 15 is 0 Å². The number of rotatable bonds is 6. The fourth-order valence-electron chi connectivity index (χ4n) is 2.10. The zero-order chi connectivity index (χ0) is 19.1. The van der Waals surface area contributed by atoms with Crippen molar-refractivity contribution in [3.8, 4) is 6.07 Å². The topological polar surface area (TPSA) is 70.4 Å². The van der Waals surface area contributed by atoms with Crippen LogP contribution in [0.15, 0.2) is 54.1 Å². The van der Waals surface area contributed by atoms with Crippen LogP contribution in [0.3, 0.4) is 0 Å². The highest BCUT2D eigenvalue weighted by molar-refractivity contribution is 6.30. The third kappa shape index (κ3) is 5.20. The van der Waals surface area contributed by atoms with Crippen molar-refractivity contribution in [1.29, 1.82) is 5.26 Å². The average molecular weight is 369 g/mol. The number of nitrogens with zero attached hydrogens (tertiary/aromatic N) is 2. The van der Waals surface area contributed by atoms with E-state index in [9.17, 15) is 14.9 Å². The molecule has 2 rings (SSSR count). The minimum atomic E-state index is -0.841. The highest BCUT2D eigenvalue weighted by Gasteiger charge is 2.14. The van der Waals surface area contributed by atoms with E-state index in [-0.39, 0.29) is 11.4 Å². The Hall–Kier alpha value is -3.10. The molecule has 0 N–H and O–H groups in total. The number of benzene rings is 2. The van der Waals surface area contributed by atoms with E-state index in [2.05, 4.69) is 0 Å². The van der Waals surface area contributed by atoms with Crippen molar-refractivity contribution in [2.45, 2.75) is 0 Å². The van der Waals surface area contributed by atoms with Gasteiger partial charge in [0.2, 0.25) is 0 Å². The molecule has 0 aliphatic carbocycles. The van der Waals surface area contributed by atoms with Crippen LogP contribution in [0.25, 0.3) is 6.08 Å². The van der Waals surface area contributed by atoms with E-state index < -0.39 is 12.6 Å². The summed E-state index contributed by atoms with van der Waals surface area (Å²) in [6.07, 6.45) is 1.43. The number of ether oxygens (including phenoxy) is 1. The Morgan fingerprint density at radius 2 is 1.73 bits per heavy atom. The molecule has 2 aromatic rings. The van der Waals surface area contributed by atoms with Gasteiger partial charge in [-0.05, 0) is 48.0 Å². The van der Waals surface area contributed by atoms with Gasteiger partial charge in [-0.3, -0.25) is 4.79 Å². The van der Waals surface area contributed by atoms with Gasteiger partial charge >= 0.3 is 5.97 Å². The van der Waals surface area contributed by atoms with Crippen molar-refractivity contribution in [1.82, 2.24) is 0 Å². The summed E-state index contributed by atoms with van der Waals surface area (Å²) in [4.78, 5) is 26.0. The van der Waals surface area contributed by atoms with E-state index in [0.29, 0.717) is 16.1 Å². The summed E-state index contributed by atoms with van der Waals surface area (Å²) in [5.41, 5.74) is 1.89. The second-order valence-electron chi connectivity index (χ2n) is 5.66. The predicted octanol–water partition coefficient (Wildman–Crippen LogP) is 3.74. The summed E-state index contributed by atoms with van der Waals surface area (Å²) < 4.78 is 4.96. The first-order chi connectivity index (χ1) is 12.4. The molecule has 0 radical (unpaired) electrons. The maximum Gasteiger partial charge on any atom is 0.349 e. The Morgan fingerprint density at radius 3 is 2.27 bits per heavy atom. The van der Waals surface area contributed by atoms with Gasteiger partial charge in [-0.2, -0.15) is 5.26 Å². The van der Waals surface area contributed by atoms with Crippen LogP contribution in [0.2, 0.25) is 5.02 Å². The zero-order valence-electron chi connectivity index (χ0n) is 14.4. The van der Waals surface area contributed by atoms with Crippen LogP contribution in [-0.2, 0) is 9.53 Å². The van der Waals surface area contributed by atoms with E-state index in [0.717, 1.165) is 5.69 Å². The van der Waals surface area contributed by atoms with E-state index in [1.165, 1.54) is 6.08 Å². The number of anilines is 1. The molecule has 132 valence electrons. The fraction of sp³-hybridized carbons (Fsp3) is 0.150. The van der Waals surface area contributed by atoms with Crippen LogP contribution < -0.4 is 4.90 Å². The van der Waals surface area contributed by atoms with Crippen molar-refractivity contribution in [2.75, 3.05) is 25.6 Å². The standard InChI is InChI=1S/C20H17ClN2O3/c1-23(2)18-9-3-14(4-10-18)11-16(12-22)20(25)26-13-19(24)15-5-7-17(21)8-6-15/h3-11H,13H2,1-2H3/b16-11+. The molecular weight excluding hydrogens is 352 g/mol. The lowest BCUT2D eigenvalue weighted by Crippen LogP contribution is -2.15. The van der Waals surface area contributed by atoms with Crippen molar-refractivity contribution in [2.24, 2.45) is 0 Å². The van der Waals surface area contributed by atoms with Crippen LogP contribution >= 0.6 is 11.6 Å². The van der Waals surface area contributed by atoms with Gasteiger partial charge in [0.15, 0.2) is 12.4 Å². The fourth-order valence-corrected chi connectivity index (χ4v) is 2.23. The molecule has 0 spiro atoms. The zero-order valence-corrected chi connectivity index (χ0v) is 15.2. The molecule has 0 saturated carbocycles. The lowest BCUT2D eigenvalue weighted by molar-refractivity contribution is -0.137. The molecule has 0 amide bonds. The molecule has 26 heavy (non-hydrogen) atoms. The SMILES string of the molecule is CN(C)c1ccc(/C=C(\C#N)C(=O)OCC(=O)c2ccc(Cl)cc2)cc1. The van der Waals surface area contributed by atoms with Crippen LogP contribution in [0.5, 0.6) is 0 Å². The number of carbonyl (C=O) groups excluding carboxylic acids is 2. The lowest BCUT2D eigenvalue weighted by atomic mass is 10.1. The second-order valence-corrected chi connectivity index (χ2v) is 6.10. The molecule has 5 nitrogen and oxygen atoms in total. The van der Waals surface area contributed by atoms with Gasteiger partial charge in [0, 0.05) is 30.4 Å². The smallest absolute Gasteiger partial charge is 0.349 e. The van der Waals surface area contributed by atoms with Crippen LogP contribution in [0.4, 0.5) is 5.69 Å². The van der Waals surface area contributed by atoms with Gasteiger partial charge in [-0.25, -0.2) is 4.79 Å². The maximum atomic E-state index is 12.0. The predicted molar refractivity (Wildman–Crippen MR) is 101 cm³/mol. The molecule has 0 aliphatic heterocycles. The van der Waals surface area contributed by atoms with Gasteiger partial charge < -0.3 is 9.64 Å². The summed E-state index contributed by atoms with van der Waals surface area (Å²) in [6.45, 7) is -0.445. The lowest BCUT2D eigenvalue weighted by Gasteiger charge is -2.11. The van der Waals surface area contributed by atoms with E-state index in [4.69, 9.17) is 16.3 Å². The van der Waals surface area contributed by atoms with E-state index in [1.807, 2.05) is 31.1 Å². The molecule has 0 bridgehead atoms.